The number of aromatic nitrogens is 4. The van der Waals surface area contributed by atoms with Gasteiger partial charge in [0.1, 0.15) is 11.5 Å². The zero-order chi connectivity index (χ0) is 23.4. The molecular formula is C26H24ClFN4O2. The summed E-state index contributed by atoms with van der Waals surface area (Å²) in [6, 6.07) is 6.63. The molecule has 1 saturated heterocycles. The Balaban J connectivity index is 1.52. The smallest absolute Gasteiger partial charge is 0.261 e. The summed E-state index contributed by atoms with van der Waals surface area (Å²) in [5.41, 5.74) is 5.07. The van der Waals surface area contributed by atoms with Crippen LogP contribution < -0.4 is 5.56 Å². The van der Waals surface area contributed by atoms with E-state index in [0.29, 0.717) is 28.4 Å². The lowest BCUT2D eigenvalue weighted by molar-refractivity contribution is 0.00518. The van der Waals surface area contributed by atoms with Crippen LogP contribution >= 0.6 is 11.6 Å². The first-order chi connectivity index (χ1) is 16.5. The fourth-order valence-corrected chi connectivity index (χ4v) is 5.46. The fourth-order valence-electron chi connectivity index (χ4n) is 5.30. The first-order valence-electron chi connectivity index (χ1n) is 11.6. The van der Waals surface area contributed by atoms with Gasteiger partial charge in [0.05, 0.1) is 18.0 Å². The molecule has 4 heterocycles. The molecule has 3 aromatic heterocycles. The topological polar surface area (TPSA) is 61.4 Å². The number of halogens is 2. The van der Waals surface area contributed by atoms with Crippen molar-refractivity contribution in [2.24, 2.45) is 7.05 Å². The Hall–Kier alpha value is -3.03. The van der Waals surface area contributed by atoms with E-state index in [-0.39, 0.29) is 17.6 Å². The molecule has 0 radical (unpaired) electrons. The van der Waals surface area contributed by atoms with E-state index in [2.05, 4.69) is 5.10 Å². The molecule has 1 aliphatic heterocycles. The SMILES string of the molecule is Cn1cc([C@H]2C[C@@H](c3cc(-c4ccc(Cl)cc4F)c4nc5c(c(=O)n4c3)CCC5)CCO2)cn1. The maximum Gasteiger partial charge on any atom is 0.261 e. The molecular weight excluding hydrogens is 455 g/mol. The van der Waals surface area contributed by atoms with Crippen LogP contribution in [0, 0.1) is 5.82 Å². The van der Waals surface area contributed by atoms with E-state index in [0.717, 1.165) is 54.5 Å². The highest BCUT2D eigenvalue weighted by atomic mass is 35.5. The largest absolute Gasteiger partial charge is 0.373 e. The third-order valence-electron chi connectivity index (χ3n) is 7.04. The van der Waals surface area contributed by atoms with Gasteiger partial charge >= 0.3 is 0 Å². The Labute approximate surface area is 201 Å². The number of hydrogen-bond acceptors (Lipinski definition) is 4. The van der Waals surface area contributed by atoms with Gasteiger partial charge in [-0.3, -0.25) is 13.9 Å². The molecule has 0 N–H and O–H groups in total. The standard InChI is InChI=1S/C26H24ClFN4O2/c1-31-13-17(12-29-31)24-10-15(7-8-34-24)16-9-21(19-6-5-18(27)11-22(19)28)25-30-23-4-2-3-20(23)26(33)32(25)14-16/h5-6,9,11-15,24H,2-4,7-8,10H2,1H3/t15-,24+/m0/s1. The van der Waals surface area contributed by atoms with Crippen molar-refractivity contribution in [1.29, 1.82) is 0 Å². The molecule has 1 aliphatic carbocycles. The number of aryl methyl sites for hydroxylation is 2. The van der Waals surface area contributed by atoms with Crippen LogP contribution in [0.15, 0.2) is 47.7 Å². The van der Waals surface area contributed by atoms with Gasteiger partial charge in [0, 0.05) is 53.3 Å². The molecule has 6 rings (SSSR count). The molecule has 1 aromatic carbocycles. The summed E-state index contributed by atoms with van der Waals surface area (Å²) in [6.45, 7) is 0.601. The van der Waals surface area contributed by atoms with Crippen LogP contribution in [0.2, 0.25) is 5.02 Å². The highest BCUT2D eigenvalue weighted by Gasteiger charge is 2.28. The van der Waals surface area contributed by atoms with Gasteiger partial charge in [-0.15, -0.1) is 0 Å². The highest BCUT2D eigenvalue weighted by Crippen LogP contribution is 2.39. The number of benzene rings is 1. The average molecular weight is 479 g/mol. The van der Waals surface area contributed by atoms with Gasteiger partial charge in [0.25, 0.3) is 5.56 Å². The molecule has 34 heavy (non-hydrogen) atoms. The Bertz CT molecular complexity index is 1480. The van der Waals surface area contributed by atoms with E-state index in [4.69, 9.17) is 21.3 Å². The summed E-state index contributed by atoms with van der Waals surface area (Å²) < 4.78 is 24.5. The lowest BCUT2D eigenvalue weighted by Gasteiger charge is -2.30. The lowest BCUT2D eigenvalue weighted by atomic mass is 9.86. The summed E-state index contributed by atoms with van der Waals surface area (Å²) in [4.78, 5) is 18.3. The van der Waals surface area contributed by atoms with Crippen LogP contribution in [-0.4, -0.2) is 25.8 Å². The molecule has 0 bridgehead atoms. The van der Waals surface area contributed by atoms with Crippen LogP contribution in [0.3, 0.4) is 0 Å². The molecule has 2 atom stereocenters. The normalized spacial score (nSPS) is 20.1. The summed E-state index contributed by atoms with van der Waals surface area (Å²) in [5.74, 6) is -0.279. The van der Waals surface area contributed by atoms with Crippen molar-refractivity contribution in [1.82, 2.24) is 19.2 Å². The van der Waals surface area contributed by atoms with Crippen molar-refractivity contribution < 1.29 is 9.13 Å². The molecule has 0 saturated carbocycles. The third-order valence-corrected chi connectivity index (χ3v) is 7.27. The van der Waals surface area contributed by atoms with E-state index in [1.165, 1.54) is 6.07 Å². The van der Waals surface area contributed by atoms with Crippen LogP contribution in [0.1, 0.15) is 53.7 Å². The predicted molar refractivity (Wildman–Crippen MR) is 128 cm³/mol. The number of hydrogen-bond donors (Lipinski definition) is 0. The molecule has 174 valence electrons. The van der Waals surface area contributed by atoms with Gasteiger partial charge in [0.2, 0.25) is 0 Å². The summed E-state index contributed by atoms with van der Waals surface area (Å²) >= 11 is 6.02. The van der Waals surface area contributed by atoms with Gasteiger partial charge in [-0.25, -0.2) is 9.37 Å². The molecule has 0 unspecified atom stereocenters. The average Bonchev–Trinajstić information content (AvgIpc) is 3.48. The number of rotatable bonds is 3. The zero-order valence-electron chi connectivity index (χ0n) is 18.8. The maximum atomic E-state index is 15.1. The molecule has 2 aliphatic rings. The first-order valence-corrected chi connectivity index (χ1v) is 12.0. The Morgan fingerprint density at radius 1 is 1.15 bits per heavy atom. The minimum Gasteiger partial charge on any atom is -0.373 e. The van der Waals surface area contributed by atoms with Crippen molar-refractivity contribution in [2.45, 2.75) is 44.1 Å². The maximum absolute atomic E-state index is 15.1. The van der Waals surface area contributed by atoms with Crippen LogP contribution in [0.4, 0.5) is 4.39 Å². The minimum atomic E-state index is -0.429. The van der Waals surface area contributed by atoms with Gasteiger partial charge in [0.15, 0.2) is 0 Å². The van der Waals surface area contributed by atoms with Crippen molar-refractivity contribution in [2.75, 3.05) is 6.61 Å². The van der Waals surface area contributed by atoms with Crippen molar-refractivity contribution in [3.8, 4) is 11.1 Å². The Morgan fingerprint density at radius 2 is 2.03 bits per heavy atom. The van der Waals surface area contributed by atoms with Crippen LogP contribution in [0.5, 0.6) is 0 Å². The number of pyridine rings is 1. The summed E-state index contributed by atoms with van der Waals surface area (Å²) in [6.07, 6.45) is 9.63. The first kappa shape index (κ1) is 21.5. The molecule has 0 spiro atoms. The second kappa shape index (κ2) is 8.32. The van der Waals surface area contributed by atoms with Crippen LogP contribution in [-0.2, 0) is 24.6 Å². The fraction of sp³-hybridized carbons (Fsp3) is 0.346. The third kappa shape index (κ3) is 3.63. The van der Waals surface area contributed by atoms with Gasteiger partial charge in [-0.05, 0) is 67.9 Å². The molecule has 4 aromatic rings. The van der Waals surface area contributed by atoms with E-state index in [1.807, 2.05) is 31.7 Å². The number of fused-ring (bicyclic) bond motifs is 2. The number of nitrogens with zero attached hydrogens (tertiary/aromatic N) is 4. The van der Waals surface area contributed by atoms with Crippen molar-refractivity contribution >= 4 is 17.2 Å². The van der Waals surface area contributed by atoms with E-state index >= 15 is 4.39 Å². The second-order valence-electron chi connectivity index (χ2n) is 9.23. The van der Waals surface area contributed by atoms with E-state index in [9.17, 15) is 4.79 Å². The second-order valence-corrected chi connectivity index (χ2v) is 9.67. The van der Waals surface area contributed by atoms with Gasteiger partial charge in [-0.1, -0.05) is 11.6 Å². The summed E-state index contributed by atoms with van der Waals surface area (Å²) in [5, 5.41) is 4.61. The van der Waals surface area contributed by atoms with Gasteiger partial charge < -0.3 is 4.74 Å². The lowest BCUT2D eigenvalue weighted by Crippen LogP contribution is -2.23. The number of ether oxygens (including phenoxy) is 1. The Morgan fingerprint density at radius 3 is 2.82 bits per heavy atom. The highest BCUT2D eigenvalue weighted by molar-refractivity contribution is 6.30. The van der Waals surface area contributed by atoms with Crippen LogP contribution in [0.25, 0.3) is 16.8 Å². The van der Waals surface area contributed by atoms with Crippen molar-refractivity contribution in [3.05, 3.63) is 86.4 Å². The quantitative estimate of drug-likeness (QED) is 0.415. The molecule has 1 fully saturated rings. The minimum absolute atomic E-state index is 0.0501. The Kier molecular flexibility index (Phi) is 5.26. The monoisotopic (exact) mass is 478 g/mol. The summed E-state index contributed by atoms with van der Waals surface area (Å²) in [7, 11) is 1.89. The van der Waals surface area contributed by atoms with E-state index < -0.39 is 5.82 Å². The predicted octanol–water partition coefficient (Wildman–Crippen LogP) is 5.01. The van der Waals surface area contributed by atoms with Gasteiger partial charge in [-0.2, -0.15) is 5.10 Å². The molecule has 6 nitrogen and oxygen atoms in total. The van der Waals surface area contributed by atoms with E-state index in [1.54, 1.807) is 21.2 Å². The zero-order valence-corrected chi connectivity index (χ0v) is 19.6. The van der Waals surface area contributed by atoms with Crippen molar-refractivity contribution in [3.63, 3.8) is 0 Å². The molecule has 8 heteroatoms. The molecule has 0 amide bonds.